The van der Waals surface area contributed by atoms with Crippen molar-refractivity contribution in [2.75, 3.05) is 25.4 Å². The number of amides is 3. The van der Waals surface area contributed by atoms with Crippen molar-refractivity contribution < 1.29 is 14.7 Å². The van der Waals surface area contributed by atoms with Gasteiger partial charge < -0.3 is 10.4 Å². The molecule has 1 fully saturated rings. The van der Waals surface area contributed by atoms with Crippen molar-refractivity contribution in [1.82, 2.24) is 10.2 Å². The molecule has 0 spiro atoms. The normalized spacial score (nSPS) is 18.1. The van der Waals surface area contributed by atoms with Crippen molar-refractivity contribution in [2.45, 2.75) is 12.2 Å². The van der Waals surface area contributed by atoms with Crippen LogP contribution in [0.1, 0.15) is 6.92 Å². The van der Waals surface area contributed by atoms with Crippen LogP contribution in [-0.2, 0) is 4.79 Å². The third-order valence-electron chi connectivity index (χ3n) is 1.91. The molecule has 1 aliphatic rings. The Bertz CT molecular complexity index is 235. The molecule has 1 atom stereocenters. The van der Waals surface area contributed by atoms with Gasteiger partial charge in [0.25, 0.3) is 0 Å². The maximum absolute atomic E-state index is 11.4. The minimum Gasteiger partial charge on any atom is -0.395 e. The molecule has 1 saturated heterocycles. The number of imide groups is 1. The predicted octanol–water partition coefficient (Wildman–Crippen LogP) is -0.348. The summed E-state index contributed by atoms with van der Waals surface area (Å²) in [6, 6.07) is -0.313. The number of carbonyl (C=O) groups is 2. The highest BCUT2D eigenvalue weighted by molar-refractivity contribution is 8.00. The fraction of sp³-hybridized carbons (Fsp3) is 0.750. The van der Waals surface area contributed by atoms with E-state index >= 15 is 0 Å². The van der Waals surface area contributed by atoms with Gasteiger partial charge in [-0.25, -0.2) is 4.79 Å². The quantitative estimate of drug-likeness (QED) is 0.677. The van der Waals surface area contributed by atoms with Crippen LogP contribution in [0.5, 0.6) is 0 Å². The number of thioether (sulfide) groups is 1. The first-order chi connectivity index (χ1) is 6.65. The second-order valence-corrected chi connectivity index (χ2v) is 4.51. The van der Waals surface area contributed by atoms with E-state index in [2.05, 4.69) is 5.32 Å². The molecule has 3 amide bonds. The van der Waals surface area contributed by atoms with Crippen molar-refractivity contribution in [2.24, 2.45) is 0 Å². The van der Waals surface area contributed by atoms with Crippen molar-refractivity contribution >= 4 is 23.7 Å². The monoisotopic (exact) mass is 218 g/mol. The first-order valence-corrected chi connectivity index (χ1v) is 5.50. The summed E-state index contributed by atoms with van der Waals surface area (Å²) in [6.07, 6.45) is 0. The summed E-state index contributed by atoms with van der Waals surface area (Å²) in [4.78, 5) is 23.7. The highest BCUT2D eigenvalue weighted by Crippen LogP contribution is 2.11. The molecule has 1 aliphatic heterocycles. The Labute approximate surface area is 86.8 Å². The smallest absolute Gasteiger partial charge is 0.324 e. The van der Waals surface area contributed by atoms with Gasteiger partial charge in [0.05, 0.1) is 12.4 Å². The van der Waals surface area contributed by atoms with Gasteiger partial charge in [-0.15, -0.1) is 11.8 Å². The lowest BCUT2D eigenvalue weighted by atomic mass is 10.5. The second-order valence-electron chi connectivity index (χ2n) is 3.08. The Hall–Kier alpha value is -0.750. The Kier molecular flexibility index (Phi) is 4.21. The molecule has 0 aromatic rings. The zero-order valence-electron chi connectivity index (χ0n) is 8.02. The van der Waals surface area contributed by atoms with Crippen LogP contribution in [0.15, 0.2) is 0 Å². The third kappa shape index (κ3) is 2.88. The maximum atomic E-state index is 11.4. The number of hydrogen-bond acceptors (Lipinski definition) is 4. The number of nitrogens with one attached hydrogen (secondary N) is 1. The number of urea groups is 1. The van der Waals surface area contributed by atoms with Gasteiger partial charge in [-0.05, 0) is 0 Å². The van der Waals surface area contributed by atoms with Gasteiger partial charge in [0.1, 0.15) is 0 Å². The molecule has 0 radical (unpaired) electrons. The summed E-state index contributed by atoms with van der Waals surface area (Å²) in [6.45, 7) is 2.86. The Morgan fingerprint density at radius 1 is 1.79 bits per heavy atom. The van der Waals surface area contributed by atoms with E-state index in [9.17, 15) is 9.59 Å². The SMILES string of the molecule is CC(CO)SCC(=O)N1CCNC1=O. The maximum Gasteiger partial charge on any atom is 0.324 e. The Balaban J connectivity index is 2.31. The average molecular weight is 218 g/mol. The first kappa shape index (κ1) is 11.3. The van der Waals surface area contributed by atoms with Gasteiger partial charge in [-0.3, -0.25) is 9.69 Å². The molecule has 2 N–H and O–H groups in total. The van der Waals surface area contributed by atoms with Gasteiger partial charge in [0.2, 0.25) is 5.91 Å². The lowest BCUT2D eigenvalue weighted by Gasteiger charge is -2.13. The van der Waals surface area contributed by atoms with Crippen molar-refractivity contribution in [3.8, 4) is 0 Å². The fourth-order valence-electron chi connectivity index (χ4n) is 1.05. The summed E-state index contributed by atoms with van der Waals surface area (Å²) in [5.74, 6) is 0.0556. The van der Waals surface area contributed by atoms with Crippen LogP contribution >= 0.6 is 11.8 Å². The molecule has 1 unspecified atom stereocenters. The molecule has 0 aromatic heterocycles. The van der Waals surface area contributed by atoms with E-state index in [4.69, 9.17) is 5.11 Å². The lowest BCUT2D eigenvalue weighted by Crippen LogP contribution is -2.35. The minimum absolute atomic E-state index is 0.0321. The van der Waals surface area contributed by atoms with Crippen LogP contribution in [0.2, 0.25) is 0 Å². The van der Waals surface area contributed by atoms with Crippen molar-refractivity contribution in [1.29, 1.82) is 0 Å². The molecule has 0 aromatic carbocycles. The van der Waals surface area contributed by atoms with Crippen LogP contribution in [0.4, 0.5) is 4.79 Å². The first-order valence-electron chi connectivity index (χ1n) is 4.46. The van der Waals surface area contributed by atoms with Gasteiger partial charge in [-0.1, -0.05) is 6.92 Å². The third-order valence-corrected chi connectivity index (χ3v) is 3.04. The molecule has 0 bridgehead atoms. The average Bonchev–Trinajstić information content (AvgIpc) is 2.60. The van der Waals surface area contributed by atoms with Crippen LogP contribution in [0.3, 0.4) is 0 Å². The molecule has 0 saturated carbocycles. The van der Waals surface area contributed by atoms with Crippen molar-refractivity contribution in [3.05, 3.63) is 0 Å². The largest absolute Gasteiger partial charge is 0.395 e. The number of nitrogens with zero attached hydrogens (tertiary/aromatic N) is 1. The van der Waals surface area contributed by atoms with Crippen molar-refractivity contribution in [3.63, 3.8) is 0 Å². The predicted molar refractivity (Wildman–Crippen MR) is 54.1 cm³/mol. The van der Waals surface area contributed by atoms with E-state index in [1.165, 1.54) is 16.7 Å². The van der Waals surface area contributed by atoms with Crippen LogP contribution in [0.25, 0.3) is 0 Å². The summed E-state index contributed by atoms with van der Waals surface area (Å²) in [5, 5.41) is 11.3. The van der Waals surface area contributed by atoms with E-state index < -0.39 is 0 Å². The number of aliphatic hydroxyl groups is 1. The van der Waals surface area contributed by atoms with Crippen LogP contribution in [-0.4, -0.2) is 52.6 Å². The second kappa shape index (κ2) is 5.21. The molecular formula is C8H14N2O3S. The Morgan fingerprint density at radius 2 is 2.50 bits per heavy atom. The lowest BCUT2D eigenvalue weighted by molar-refractivity contribution is -0.124. The molecule has 0 aliphatic carbocycles. The number of aliphatic hydroxyl groups excluding tert-OH is 1. The van der Waals surface area contributed by atoms with Gasteiger partial charge in [0.15, 0.2) is 0 Å². The minimum atomic E-state index is -0.313. The molecule has 14 heavy (non-hydrogen) atoms. The van der Waals surface area contributed by atoms with Gasteiger partial charge in [0, 0.05) is 18.3 Å². The molecule has 6 heteroatoms. The zero-order valence-corrected chi connectivity index (χ0v) is 8.84. The van der Waals surface area contributed by atoms with Gasteiger partial charge in [-0.2, -0.15) is 0 Å². The highest BCUT2D eigenvalue weighted by atomic mass is 32.2. The number of rotatable bonds is 4. The molecule has 5 nitrogen and oxygen atoms in total. The van der Waals surface area contributed by atoms with E-state index in [1.54, 1.807) is 0 Å². The van der Waals surface area contributed by atoms with Crippen LogP contribution < -0.4 is 5.32 Å². The standard InChI is InChI=1S/C8H14N2O3S/c1-6(4-11)14-5-7(12)10-3-2-9-8(10)13/h6,11H,2-5H2,1H3,(H,9,13). The topological polar surface area (TPSA) is 69.6 Å². The summed E-state index contributed by atoms with van der Waals surface area (Å²) in [7, 11) is 0. The Morgan fingerprint density at radius 3 is 3.00 bits per heavy atom. The van der Waals surface area contributed by atoms with Crippen LogP contribution in [0, 0.1) is 0 Å². The van der Waals surface area contributed by atoms with Gasteiger partial charge >= 0.3 is 6.03 Å². The number of hydrogen-bond donors (Lipinski definition) is 2. The molecular weight excluding hydrogens is 204 g/mol. The van der Waals surface area contributed by atoms with E-state index in [1.807, 2.05) is 6.92 Å². The summed E-state index contributed by atoms with van der Waals surface area (Å²) < 4.78 is 0. The molecule has 80 valence electrons. The fourth-order valence-corrected chi connectivity index (χ4v) is 1.74. The van der Waals surface area contributed by atoms with E-state index in [0.717, 1.165) is 0 Å². The number of carbonyl (C=O) groups excluding carboxylic acids is 2. The zero-order chi connectivity index (χ0) is 10.6. The highest BCUT2D eigenvalue weighted by Gasteiger charge is 2.25. The summed E-state index contributed by atoms with van der Waals surface area (Å²) >= 11 is 1.35. The molecule has 1 heterocycles. The molecule has 1 rings (SSSR count). The van der Waals surface area contributed by atoms with E-state index in [0.29, 0.717) is 13.1 Å². The van der Waals surface area contributed by atoms with E-state index in [-0.39, 0.29) is 29.5 Å². The summed E-state index contributed by atoms with van der Waals surface area (Å²) in [5.41, 5.74) is 0.